The average Bonchev–Trinajstić information content (AvgIpc) is 2.15. The Labute approximate surface area is 84.7 Å². The Morgan fingerprint density at radius 3 is 2.57 bits per heavy atom. The van der Waals surface area contributed by atoms with Crippen LogP contribution >= 0.6 is 0 Å². The van der Waals surface area contributed by atoms with Crippen LogP contribution in [0.5, 0.6) is 0 Å². The van der Waals surface area contributed by atoms with Crippen molar-refractivity contribution in [1.82, 2.24) is 9.97 Å². The third-order valence-electron chi connectivity index (χ3n) is 1.62. The zero-order valence-corrected chi connectivity index (χ0v) is 8.95. The van der Waals surface area contributed by atoms with Crippen LogP contribution in [0.25, 0.3) is 0 Å². The van der Waals surface area contributed by atoms with Crippen molar-refractivity contribution in [2.45, 2.75) is 26.9 Å². The van der Waals surface area contributed by atoms with E-state index in [2.05, 4.69) is 15.3 Å². The van der Waals surface area contributed by atoms with Gasteiger partial charge < -0.3 is 10.1 Å². The number of ether oxygens (including phenoxy) is 1. The predicted octanol–water partition coefficient (Wildman–Crippen LogP) is 1.62. The molecule has 14 heavy (non-hydrogen) atoms. The van der Waals surface area contributed by atoms with Gasteiger partial charge in [-0.05, 0) is 26.3 Å². The lowest BCUT2D eigenvalue weighted by atomic mass is 10.4. The third-order valence-corrected chi connectivity index (χ3v) is 1.62. The molecule has 0 atom stereocenters. The van der Waals surface area contributed by atoms with Gasteiger partial charge >= 0.3 is 0 Å². The van der Waals surface area contributed by atoms with Gasteiger partial charge in [0.15, 0.2) is 0 Å². The number of anilines is 1. The first-order chi connectivity index (χ1) is 6.68. The zero-order valence-electron chi connectivity index (χ0n) is 8.95. The van der Waals surface area contributed by atoms with E-state index >= 15 is 0 Å². The number of aromatic nitrogens is 2. The summed E-state index contributed by atoms with van der Waals surface area (Å²) in [6, 6.07) is 0. The molecule has 0 saturated heterocycles. The SMILES string of the molecule is Cc1cnc(NCCOC(C)C)nc1. The molecule has 4 heteroatoms. The van der Waals surface area contributed by atoms with Crippen molar-refractivity contribution in [1.29, 1.82) is 0 Å². The summed E-state index contributed by atoms with van der Waals surface area (Å²) >= 11 is 0. The molecule has 0 unspecified atom stereocenters. The Kier molecular flexibility index (Phi) is 4.32. The third kappa shape index (κ3) is 4.18. The molecule has 0 aliphatic heterocycles. The molecule has 0 aromatic carbocycles. The summed E-state index contributed by atoms with van der Waals surface area (Å²) in [5, 5.41) is 3.08. The Bertz CT molecular complexity index is 259. The Morgan fingerprint density at radius 2 is 2.00 bits per heavy atom. The predicted molar refractivity (Wildman–Crippen MR) is 56.3 cm³/mol. The van der Waals surface area contributed by atoms with E-state index < -0.39 is 0 Å². The molecule has 4 nitrogen and oxygen atoms in total. The summed E-state index contributed by atoms with van der Waals surface area (Å²) in [5.41, 5.74) is 1.06. The molecule has 0 saturated carbocycles. The maximum Gasteiger partial charge on any atom is 0.222 e. The molecule has 1 aromatic rings. The molecule has 1 N–H and O–H groups in total. The van der Waals surface area contributed by atoms with Crippen LogP contribution in [-0.4, -0.2) is 29.2 Å². The Morgan fingerprint density at radius 1 is 1.36 bits per heavy atom. The van der Waals surface area contributed by atoms with Crippen LogP contribution in [0, 0.1) is 6.92 Å². The second-order valence-corrected chi connectivity index (χ2v) is 3.43. The second kappa shape index (κ2) is 5.54. The standard InChI is InChI=1S/C10H17N3O/c1-8(2)14-5-4-11-10-12-6-9(3)7-13-10/h6-8H,4-5H2,1-3H3,(H,11,12,13). The highest BCUT2D eigenvalue weighted by atomic mass is 16.5. The molecule has 78 valence electrons. The summed E-state index contributed by atoms with van der Waals surface area (Å²) in [6.07, 6.45) is 3.85. The number of rotatable bonds is 5. The van der Waals surface area contributed by atoms with Gasteiger partial charge in [0.2, 0.25) is 5.95 Å². The summed E-state index contributed by atoms with van der Waals surface area (Å²) in [4.78, 5) is 8.23. The van der Waals surface area contributed by atoms with Crippen molar-refractivity contribution < 1.29 is 4.74 Å². The van der Waals surface area contributed by atoms with Gasteiger partial charge in [-0.3, -0.25) is 0 Å². The minimum Gasteiger partial charge on any atom is -0.377 e. The quantitative estimate of drug-likeness (QED) is 0.725. The maximum absolute atomic E-state index is 5.37. The fourth-order valence-corrected chi connectivity index (χ4v) is 0.941. The van der Waals surface area contributed by atoms with Gasteiger partial charge in [0.05, 0.1) is 12.7 Å². The zero-order chi connectivity index (χ0) is 10.4. The van der Waals surface area contributed by atoms with E-state index in [0.717, 1.165) is 12.1 Å². The molecule has 0 aliphatic rings. The fourth-order valence-electron chi connectivity index (χ4n) is 0.941. The molecule has 1 aromatic heterocycles. The molecule has 0 amide bonds. The molecule has 0 bridgehead atoms. The first kappa shape index (κ1) is 10.9. The normalized spacial score (nSPS) is 10.6. The molecule has 0 radical (unpaired) electrons. The van der Waals surface area contributed by atoms with Crippen molar-refractivity contribution >= 4 is 5.95 Å². The van der Waals surface area contributed by atoms with E-state index in [1.807, 2.05) is 20.8 Å². The van der Waals surface area contributed by atoms with Crippen molar-refractivity contribution in [3.05, 3.63) is 18.0 Å². The summed E-state index contributed by atoms with van der Waals surface area (Å²) in [5.74, 6) is 0.656. The van der Waals surface area contributed by atoms with Crippen LogP contribution < -0.4 is 5.32 Å². The molecular formula is C10H17N3O. The highest BCUT2D eigenvalue weighted by Crippen LogP contribution is 1.97. The molecule has 0 spiro atoms. The highest BCUT2D eigenvalue weighted by Gasteiger charge is 1.95. The van der Waals surface area contributed by atoms with Crippen LogP contribution in [0.4, 0.5) is 5.95 Å². The van der Waals surface area contributed by atoms with Crippen molar-refractivity contribution in [3.8, 4) is 0 Å². The number of nitrogens with zero attached hydrogens (tertiary/aromatic N) is 2. The molecule has 1 rings (SSSR count). The lowest BCUT2D eigenvalue weighted by Gasteiger charge is -2.08. The number of hydrogen-bond donors (Lipinski definition) is 1. The minimum absolute atomic E-state index is 0.274. The minimum atomic E-state index is 0.274. The van der Waals surface area contributed by atoms with E-state index in [4.69, 9.17) is 4.74 Å². The van der Waals surface area contributed by atoms with Crippen molar-refractivity contribution in [3.63, 3.8) is 0 Å². The first-order valence-corrected chi connectivity index (χ1v) is 4.82. The number of hydrogen-bond acceptors (Lipinski definition) is 4. The van der Waals surface area contributed by atoms with E-state index in [1.165, 1.54) is 0 Å². The fraction of sp³-hybridized carbons (Fsp3) is 0.600. The molecular weight excluding hydrogens is 178 g/mol. The van der Waals surface area contributed by atoms with Crippen LogP contribution in [0.1, 0.15) is 19.4 Å². The van der Waals surface area contributed by atoms with Crippen LogP contribution in [0.15, 0.2) is 12.4 Å². The highest BCUT2D eigenvalue weighted by molar-refractivity contribution is 5.23. The van der Waals surface area contributed by atoms with E-state index in [9.17, 15) is 0 Å². The van der Waals surface area contributed by atoms with E-state index in [0.29, 0.717) is 12.6 Å². The van der Waals surface area contributed by atoms with Crippen LogP contribution in [-0.2, 0) is 4.74 Å². The van der Waals surface area contributed by atoms with Crippen LogP contribution in [0.3, 0.4) is 0 Å². The van der Waals surface area contributed by atoms with Gasteiger partial charge in [-0.15, -0.1) is 0 Å². The lowest BCUT2D eigenvalue weighted by Crippen LogP contribution is -2.14. The summed E-state index contributed by atoms with van der Waals surface area (Å²) < 4.78 is 5.37. The van der Waals surface area contributed by atoms with E-state index in [1.54, 1.807) is 12.4 Å². The Balaban J connectivity index is 2.21. The lowest BCUT2D eigenvalue weighted by molar-refractivity contribution is 0.0870. The number of aryl methyl sites for hydroxylation is 1. The van der Waals surface area contributed by atoms with Gasteiger partial charge in [-0.2, -0.15) is 0 Å². The molecule has 0 fully saturated rings. The smallest absolute Gasteiger partial charge is 0.222 e. The monoisotopic (exact) mass is 195 g/mol. The van der Waals surface area contributed by atoms with Gasteiger partial charge in [0, 0.05) is 18.9 Å². The maximum atomic E-state index is 5.37. The summed E-state index contributed by atoms with van der Waals surface area (Å²) in [6.45, 7) is 7.41. The van der Waals surface area contributed by atoms with Gasteiger partial charge in [-0.25, -0.2) is 9.97 Å². The number of nitrogens with one attached hydrogen (secondary N) is 1. The second-order valence-electron chi connectivity index (χ2n) is 3.43. The van der Waals surface area contributed by atoms with Gasteiger partial charge in [0.25, 0.3) is 0 Å². The van der Waals surface area contributed by atoms with E-state index in [-0.39, 0.29) is 6.10 Å². The molecule has 0 aliphatic carbocycles. The van der Waals surface area contributed by atoms with Gasteiger partial charge in [0.1, 0.15) is 0 Å². The average molecular weight is 195 g/mol. The molecule has 1 heterocycles. The first-order valence-electron chi connectivity index (χ1n) is 4.82. The summed E-state index contributed by atoms with van der Waals surface area (Å²) in [7, 11) is 0. The topological polar surface area (TPSA) is 47.0 Å². The largest absolute Gasteiger partial charge is 0.377 e. The van der Waals surface area contributed by atoms with Crippen molar-refractivity contribution in [2.24, 2.45) is 0 Å². The van der Waals surface area contributed by atoms with Crippen LogP contribution in [0.2, 0.25) is 0 Å². The van der Waals surface area contributed by atoms with Crippen molar-refractivity contribution in [2.75, 3.05) is 18.5 Å². The van der Waals surface area contributed by atoms with Gasteiger partial charge in [-0.1, -0.05) is 0 Å². The Hall–Kier alpha value is -1.16.